The van der Waals surface area contributed by atoms with E-state index in [1.165, 1.54) is 57.8 Å². The summed E-state index contributed by atoms with van der Waals surface area (Å²) in [6.45, 7) is 0.347. The standard InChI is InChI=1S/C15H28O2/c16-14-12-10-8-6-4-2-1-3-5-7-9-11-13-15-17/h12,17H,1-11,13,15H2. The van der Waals surface area contributed by atoms with Gasteiger partial charge in [0, 0.05) is 6.61 Å². The van der Waals surface area contributed by atoms with E-state index in [1.54, 1.807) is 6.08 Å². The third kappa shape index (κ3) is 15.4. The van der Waals surface area contributed by atoms with Crippen molar-refractivity contribution in [3.8, 4) is 0 Å². The van der Waals surface area contributed by atoms with Crippen molar-refractivity contribution in [1.82, 2.24) is 0 Å². The first-order valence-corrected chi connectivity index (χ1v) is 7.22. The molecule has 0 unspecified atom stereocenters. The number of aliphatic hydroxyl groups is 1. The number of aliphatic hydroxyl groups excluding tert-OH is 1. The summed E-state index contributed by atoms with van der Waals surface area (Å²) in [5.74, 6) is 1.82. The molecule has 1 N–H and O–H groups in total. The lowest BCUT2D eigenvalue weighted by atomic mass is 10.1. The zero-order chi connectivity index (χ0) is 12.6. The van der Waals surface area contributed by atoms with E-state index in [0.717, 1.165) is 19.3 Å². The summed E-state index contributed by atoms with van der Waals surface area (Å²) in [5, 5.41) is 8.62. The average molecular weight is 240 g/mol. The van der Waals surface area contributed by atoms with Crippen LogP contribution in [0.25, 0.3) is 0 Å². The van der Waals surface area contributed by atoms with Crippen molar-refractivity contribution in [3.05, 3.63) is 6.08 Å². The van der Waals surface area contributed by atoms with Crippen molar-refractivity contribution < 1.29 is 9.90 Å². The van der Waals surface area contributed by atoms with E-state index in [1.807, 2.05) is 5.94 Å². The molecule has 100 valence electrons. The normalized spacial score (nSPS) is 10.2. The molecule has 0 rings (SSSR count). The maximum Gasteiger partial charge on any atom is 0.120 e. The van der Waals surface area contributed by atoms with Gasteiger partial charge in [-0.05, 0) is 25.3 Å². The van der Waals surface area contributed by atoms with Crippen molar-refractivity contribution in [2.45, 2.75) is 77.0 Å². The minimum Gasteiger partial charge on any atom is -0.396 e. The largest absolute Gasteiger partial charge is 0.396 e. The van der Waals surface area contributed by atoms with Crippen LogP contribution in [0.2, 0.25) is 0 Å². The predicted octanol–water partition coefficient (Wildman–Crippen LogP) is 4.05. The van der Waals surface area contributed by atoms with Crippen LogP contribution in [0.3, 0.4) is 0 Å². The molecule has 0 aliphatic heterocycles. The first-order chi connectivity index (χ1) is 8.41. The van der Waals surface area contributed by atoms with E-state index < -0.39 is 0 Å². The topological polar surface area (TPSA) is 37.3 Å². The van der Waals surface area contributed by atoms with Gasteiger partial charge in [0.2, 0.25) is 0 Å². The third-order valence-electron chi connectivity index (χ3n) is 3.09. The molecule has 2 heteroatoms. The maximum atomic E-state index is 9.91. The second-order valence-electron chi connectivity index (χ2n) is 4.72. The minimum absolute atomic E-state index is 0.347. The molecule has 17 heavy (non-hydrogen) atoms. The number of carbonyl (C=O) groups excluding carboxylic acids is 1. The van der Waals surface area contributed by atoms with E-state index in [2.05, 4.69) is 0 Å². The highest BCUT2D eigenvalue weighted by Crippen LogP contribution is 2.11. The molecule has 0 saturated carbocycles. The Labute approximate surface area is 106 Å². The van der Waals surface area contributed by atoms with Crippen LogP contribution in [0, 0.1) is 0 Å². The Morgan fingerprint density at radius 3 is 1.53 bits per heavy atom. The van der Waals surface area contributed by atoms with Crippen molar-refractivity contribution in [2.24, 2.45) is 0 Å². The second-order valence-corrected chi connectivity index (χ2v) is 4.72. The molecule has 0 bridgehead atoms. The zero-order valence-electron chi connectivity index (χ0n) is 11.1. The molecule has 0 radical (unpaired) electrons. The predicted molar refractivity (Wildman–Crippen MR) is 72.8 cm³/mol. The Hall–Kier alpha value is -0.590. The first kappa shape index (κ1) is 16.4. The number of hydrogen-bond donors (Lipinski definition) is 1. The van der Waals surface area contributed by atoms with Crippen LogP contribution < -0.4 is 0 Å². The smallest absolute Gasteiger partial charge is 0.120 e. The van der Waals surface area contributed by atoms with Crippen LogP contribution in [-0.4, -0.2) is 17.7 Å². The third-order valence-corrected chi connectivity index (χ3v) is 3.09. The number of rotatable bonds is 13. The Morgan fingerprint density at radius 2 is 1.12 bits per heavy atom. The number of unbranched alkanes of at least 4 members (excludes halogenated alkanes) is 11. The molecule has 0 aromatic heterocycles. The van der Waals surface area contributed by atoms with Gasteiger partial charge in [-0.15, -0.1) is 0 Å². The molecule has 0 saturated heterocycles. The monoisotopic (exact) mass is 240 g/mol. The summed E-state index contributed by atoms with van der Waals surface area (Å²) in [7, 11) is 0. The van der Waals surface area contributed by atoms with Crippen LogP contribution in [0.1, 0.15) is 77.0 Å². The van der Waals surface area contributed by atoms with Crippen LogP contribution in [0.5, 0.6) is 0 Å². The molecule has 0 fully saturated rings. The van der Waals surface area contributed by atoms with Gasteiger partial charge < -0.3 is 5.11 Å². The highest BCUT2D eigenvalue weighted by Gasteiger charge is 1.92. The van der Waals surface area contributed by atoms with Gasteiger partial charge in [0.05, 0.1) is 0 Å². The summed E-state index contributed by atoms with van der Waals surface area (Å²) < 4.78 is 0. The zero-order valence-corrected chi connectivity index (χ0v) is 11.1. The molecule has 0 aliphatic rings. The molecular formula is C15H28O2. The summed E-state index contributed by atoms with van der Waals surface area (Å²) in [5.41, 5.74) is 0. The summed E-state index contributed by atoms with van der Waals surface area (Å²) >= 11 is 0. The van der Waals surface area contributed by atoms with Gasteiger partial charge in [0.15, 0.2) is 0 Å². The fraction of sp³-hybridized carbons (Fsp3) is 0.867. The molecular weight excluding hydrogens is 212 g/mol. The van der Waals surface area contributed by atoms with Gasteiger partial charge in [0.1, 0.15) is 5.94 Å². The molecule has 0 aliphatic carbocycles. The lowest BCUT2D eigenvalue weighted by molar-refractivity contribution is 0.282. The van der Waals surface area contributed by atoms with Crippen LogP contribution >= 0.6 is 0 Å². The van der Waals surface area contributed by atoms with Gasteiger partial charge in [0.25, 0.3) is 0 Å². The Kier molecular flexibility index (Phi) is 14.9. The van der Waals surface area contributed by atoms with Gasteiger partial charge in [-0.2, -0.15) is 0 Å². The molecule has 0 heterocycles. The lowest BCUT2D eigenvalue weighted by Gasteiger charge is -2.01. The van der Waals surface area contributed by atoms with Crippen molar-refractivity contribution in [3.63, 3.8) is 0 Å². The quantitative estimate of drug-likeness (QED) is 0.389. The van der Waals surface area contributed by atoms with Crippen LogP contribution in [0.15, 0.2) is 6.08 Å². The van der Waals surface area contributed by atoms with E-state index in [-0.39, 0.29) is 0 Å². The highest BCUT2D eigenvalue weighted by molar-refractivity contribution is 5.44. The van der Waals surface area contributed by atoms with Gasteiger partial charge in [-0.1, -0.05) is 57.8 Å². The van der Waals surface area contributed by atoms with Crippen molar-refractivity contribution >= 4 is 5.94 Å². The summed E-state index contributed by atoms with van der Waals surface area (Å²) in [6, 6.07) is 0. The Balaban J connectivity index is 2.91. The second kappa shape index (κ2) is 15.4. The lowest BCUT2D eigenvalue weighted by Crippen LogP contribution is -1.84. The van der Waals surface area contributed by atoms with E-state index in [4.69, 9.17) is 5.11 Å². The van der Waals surface area contributed by atoms with Crippen LogP contribution in [0.4, 0.5) is 0 Å². The fourth-order valence-electron chi connectivity index (χ4n) is 2.01. The van der Waals surface area contributed by atoms with Crippen molar-refractivity contribution in [1.29, 1.82) is 0 Å². The molecule has 0 aromatic carbocycles. The van der Waals surface area contributed by atoms with Crippen molar-refractivity contribution in [2.75, 3.05) is 6.61 Å². The molecule has 0 spiro atoms. The average Bonchev–Trinajstić information content (AvgIpc) is 2.35. The fourth-order valence-corrected chi connectivity index (χ4v) is 2.01. The minimum atomic E-state index is 0.347. The van der Waals surface area contributed by atoms with E-state index >= 15 is 0 Å². The first-order valence-electron chi connectivity index (χ1n) is 7.22. The summed E-state index contributed by atoms with van der Waals surface area (Å²) in [4.78, 5) is 9.91. The van der Waals surface area contributed by atoms with Gasteiger partial charge in [-0.3, -0.25) is 0 Å². The maximum absolute atomic E-state index is 9.91. The molecule has 0 amide bonds. The molecule has 2 nitrogen and oxygen atoms in total. The number of hydrogen-bond acceptors (Lipinski definition) is 2. The molecule has 0 aromatic rings. The SMILES string of the molecule is O=C=CCCCCCCCCCCCCCO. The van der Waals surface area contributed by atoms with Gasteiger partial charge >= 0.3 is 0 Å². The Bertz CT molecular complexity index is 183. The Morgan fingerprint density at radius 1 is 0.706 bits per heavy atom. The van der Waals surface area contributed by atoms with Gasteiger partial charge in [-0.25, -0.2) is 4.79 Å². The van der Waals surface area contributed by atoms with E-state index in [9.17, 15) is 4.79 Å². The van der Waals surface area contributed by atoms with Crippen LogP contribution in [-0.2, 0) is 4.79 Å². The van der Waals surface area contributed by atoms with E-state index in [0.29, 0.717) is 6.61 Å². The highest BCUT2D eigenvalue weighted by atomic mass is 16.2. The summed E-state index contributed by atoms with van der Waals surface area (Å²) in [6.07, 6.45) is 16.3. The number of allylic oxidation sites excluding steroid dienone is 1. The molecule has 0 atom stereocenters.